The molecule has 9 heteroatoms. The molecule has 4 aromatic rings. The summed E-state index contributed by atoms with van der Waals surface area (Å²) >= 11 is 0. The van der Waals surface area contributed by atoms with Gasteiger partial charge in [-0.1, -0.05) is 24.3 Å². The average molecular weight is 512 g/mol. The number of aliphatic hydroxyl groups is 1. The third-order valence-electron chi connectivity index (χ3n) is 7.79. The molecular weight excluding hydrogens is 478 g/mol. The third kappa shape index (κ3) is 4.89. The number of rotatable bonds is 6. The summed E-state index contributed by atoms with van der Waals surface area (Å²) in [5.74, 6) is 1.13. The Morgan fingerprint density at radius 1 is 1.00 bits per heavy atom. The van der Waals surface area contributed by atoms with Gasteiger partial charge in [0.05, 0.1) is 16.8 Å². The van der Waals surface area contributed by atoms with Crippen LogP contribution in [-0.4, -0.2) is 58.9 Å². The highest BCUT2D eigenvalue weighted by Crippen LogP contribution is 2.36. The predicted molar refractivity (Wildman–Crippen MR) is 151 cm³/mol. The zero-order valence-electron chi connectivity index (χ0n) is 21.3. The quantitative estimate of drug-likeness (QED) is 0.296. The summed E-state index contributed by atoms with van der Waals surface area (Å²) < 4.78 is 0. The molecule has 2 fully saturated rings. The third-order valence-corrected chi connectivity index (χ3v) is 7.79. The molecule has 2 amide bonds. The molecule has 0 unspecified atom stereocenters. The lowest BCUT2D eigenvalue weighted by atomic mass is 9.81. The van der Waals surface area contributed by atoms with E-state index >= 15 is 0 Å². The van der Waals surface area contributed by atoms with Crippen LogP contribution in [0.5, 0.6) is 0 Å². The number of aromatic nitrogens is 3. The number of benzene rings is 2. The number of nitrogens with zero attached hydrogens (tertiary/aromatic N) is 4. The molecule has 0 aliphatic carbocycles. The van der Waals surface area contributed by atoms with Crippen molar-refractivity contribution in [1.29, 1.82) is 0 Å². The fourth-order valence-electron chi connectivity index (χ4n) is 5.84. The molecule has 38 heavy (non-hydrogen) atoms. The van der Waals surface area contributed by atoms with Crippen LogP contribution in [0.15, 0.2) is 67.1 Å². The lowest BCUT2D eigenvalue weighted by molar-refractivity contribution is 0.184. The van der Waals surface area contributed by atoms with Gasteiger partial charge in [-0.25, -0.2) is 14.8 Å². The van der Waals surface area contributed by atoms with Crippen LogP contribution in [-0.2, 0) is 0 Å². The minimum Gasteiger partial charge on any atom is -0.396 e. The number of anilines is 4. The fraction of sp³-hybridized carbons (Fsp3) is 0.345. The zero-order chi connectivity index (χ0) is 25.9. The van der Waals surface area contributed by atoms with E-state index < -0.39 is 0 Å². The van der Waals surface area contributed by atoms with E-state index in [0.717, 1.165) is 72.1 Å². The minimum absolute atomic E-state index is 0.0958. The number of piperidine rings is 1. The molecule has 4 heterocycles. The van der Waals surface area contributed by atoms with Crippen molar-refractivity contribution >= 4 is 39.9 Å². The molecule has 9 nitrogen and oxygen atoms in total. The Hall–Kier alpha value is -4.11. The molecule has 0 bridgehead atoms. The second kappa shape index (κ2) is 10.7. The van der Waals surface area contributed by atoms with E-state index in [9.17, 15) is 9.90 Å². The topological polar surface area (TPSA) is 109 Å². The Morgan fingerprint density at radius 2 is 1.87 bits per heavy atom. The molecule has 196 valence electrons. The van der Waals surface area contributed by atoms with Gasteiger partial charge < -0.3 is 30.5 Å². The Bertz CT molecular complexity index is 1410. The van der Waals surface area contributed by atoms with Crippen molar-refractivity contribution in [3.8, 4) is 0 Å². The van der Waals surface area contributed by atoms with Crippen molar-refractivity contribution < 1.29 is 9.90 Å². The second-order valence-electron chi connectivity index (χ2n) is 10.1. The first-order valence-corrected chi connectivity index (χ1v) is 13.4. The highest BCUT2D eigenvalue weighted by molar-refractivity contribution is 6.02. The van der Waals surface area contributed by atoms with Gasteiger partial charge in [-0.15, -0.1) is 0 Å². The largest absolute Gasteiger partial charge is 0.396 e. The molecule has 2 saturated heterocycles. The van der Waals surface area contributed by atoms with Crippen LogP contribution in [0.2, 0.25) is 0 Å². The van der Waals surface area contributed by atoms with E-state index in [0.29, 0.717) is 0 Å². The maximum absolute atomic E-state index is 13.0. The number of para-hydroxylation sites is 2. The Kier molecular flexibility index (Phi) is 6.83. The first-order valence-electron chi connectivity index (χ1n) is 13.4. The summed E-state index contributed by atoms with van der Waals surface area (Å²) in [7, 11) is 0. The van der Waals surface area contributed by atoms with Gasteiger partial charge in [0.25, 0.3) is 0 Å². The lowest BCUT2D eigenvalue weighted by Gasteiger charge is -2.39. The van der Waals surface area contributed by atoms with E-state index in [1.807, 2.05) is 48.7 Å². The van der Waals surface area contributed by atoms with Crippen molar-refractivity contribution in [3.63, 3.8) is 0 Å². The van der Waals surface area contributed by atoms with Crippen LogP contribution in [0.3, 0.4) is 0 Å². The molecule has 0 saturated carbocycles. The number of carbonyl (C=O) groups excluding carboxylic acids is 1. The molecule has 2 aromatic carbocycles. The van der Waals surface area contributed by atoms with Crippen LogP contribution >= 0.6 is 0 Å². The average Bonchev–Trinajstić information content (AvgIpc) is 3.66. The van der Waals surface area contributed by atoms with Crippen LogP contribution in [0.1, 0.15) is 30.7 Å². The summed E-state index contributed by atoms with van der Waals surface area (Å²) in [6.07, 6.45) is 6.67. The van der Waals surface area contributed by atoms with Crippen molar-refractivity contribution in [1.82, 2.24) is 15.0 Å². The van der Waals surface area contributed by atoms with Gasteiger partial charge in [0.2, 0.25) is 0 Å². The Labute approximate surface area is 221 Å². The van der Waals surface area contributed by atoms with Crippen LogP contribution in [0.4, 0.5) is 27.7 Å². The SMILES string of the molecule is O=C(Nc1cccc([C@@H]2CN(c3ncnc4[nH]ccc34)CC[C@H]2CO)c1)Nc1ccccc1N1CCCC1. The number of aliphatic hydroxyl groups excluding tert-OH is 1. The molecule has 0 radical (unpaired) electrons. The molecule has 2 aliphatic rings. The van der Waals surface area contributed by atoms with Crippen LogP contribution < -0.4 is 20.4 Å². The van der Waals surface area contributed by atoms with Crippen molar-refractivity contribution in [2.24, 2.45) is 5.92 Å². The smallest absolute Gasteiger partial charge is 0.323 e. The molecule has 2 atom stereocenters. The Balaban J connectivity index is 1.19. The van der Waals surface area contributed by atoms with Gasteiger partial charge in [-0.2, -0.15) is 0 Å². The first-order chi connectivity index (χ1) is 18.7. The monoisotopic (exact) mass is 511 g/mol. The number of amides is 2. The fourth-order valence-corrected chi connectivity index (χ4v) is 5.84. The number of aromatic amines is 1. The van der Waals surface area contributed by atoms with Gasteiger partial charge >= 0.3 is 6.03 Å². The number of urea groups is 1. The molecule has 2 aromatic heterocycles. The van der Waals surface area contributed by atoms with Gasteiger partial charge in [-0.05, 0) is 61.1 Å². The molecular formula is C29H33N7O2. The number of hydrogen-bond acceptors (Lipinski definition) is 6. The van der Waals surface area contributed by atoms with Crippen LogP contribution in [0, 0.1) is 5.92 Å². The number of carbonyl (C=O) groups is 1. The highest BCUT2D eigenvalue weighted by atomic mass is 16.3. The van der Waals surface area contributed by atoms with Crippen LogP contribution in [0.25, 0.3) is 11.0 Å². The van der Waals surface area contributed by atoms with E-state index in [2.05, 4.69) is 47.5 Å². The van der Waals surface area contributed by atoms with E-state index in [1.54, 1.807) is 6.33 Å². The first kappa shape index (κ1) is 24.2. The number of hydrogen-bond donors (Lipinski definition) is 4. The van der Waals surface area contributed by atoms with E-state index in [-0.39, 0.29) is 24.5 Å². The summed E-state index contributed by atoms with van der Waals surface area (Å²) in [4.78, 5) is 29.6. The van der Waals surface area contributed by atoms with E-state index in [4.69, 9.17) is 0 Å². The molecule has 2 aliphatic heterocycles. The van der Waals surface area contributed by atoms with Gasteiger partial charge in [0.1, 0.15) is 17.8 Å². The Morgan fingerprint density at radius 3 is 2.74 bits per heavy atom. The minimum atomic E-state index is -0.270. The van der Waals surface area contributed by atoms with Crippen molar-refractivity contribution in [3.05, 3.63) is 72.7 Å². The summed E-state index contributed by atoms with van der Waals surface area (Å²) in [6.45, 7) is 3.68. The number of nitrogens with one attached hydrogen (secondary N) is 3. The van der Waals surface area contributed by atoms with E-state index in [1.165, 1.54) is 12.8 Å². The second-order valence-corrected chi connectivity index (χ2v) is 10.1. The van der Waals surface area contributed by atoms with Gasteiger partial charge in [0.15, 0.2) is 0 Å². The molecule has 4 N–H and O–H groups in total. The van der Waals surface area contributed by atoms with Gasteiger partial charge in [-0.3, -0.25) is 0 Å². The maximum Gasteiger partial charge on any atom is 0.323 e. The normalized spacial score (nSPS) is 19.6. The maximum atomic E-state index is 13.0. The highest BCUT2D eigenvalue weighted by Gasteiger charge is 2.31. The predicted octanol–water partition coefficient (Wildman–Crippen LogP) is 4.80. The number of fused-ring (bicyclic) bond motifs is 1. The summed E-state index contributed by atoms with van der Waals surface area (Å²) in [6, 6.07) is 17.7. The molecule has 0 spiro atoms. The lowest BCUT2D eigenvalue weighted by Crippen LogP contribution is -2.41. The van der Waals surface area contributed by atoms with Gasteiger partial charge in [0, 0.05) is 50.6 Å². The van der Waals surface area contributed by atoms with Crippen molar-refractivity contribution in [2.45, 2.75) is 25.2 Å². The summed E-state index contributed by atoms with van der Waals surface area (Å²) in [5, 5.41) is 17.2. The summed E-state index contributed by atoms with van der Waals surface area (Å²) in [5.41, 5.74) is 4.50. The zero-order valence-corrected chi connectivity index (χ0v) is 21.3. The number of H-pyrrole nitrogens is 1. The van der Waals surface area contributed by atoms with Crippen molar-refractivity contribution in [2.75, 3.05) is 53.2 Å². The molecule has 6 rings (SSSR count). The standard InChI is InChI=1S/C29H33N7O2/c37-18-21-11-15-36(28-23-10-12-30-27(23)31-19-32-28)17-24(21)20-6-5-7-22(16-20)33-29(38)34-25-8-1-2-9-26(25)35-13-3-4-14-35/h1-2,5-10,12,16,19,21,24,37H,3-4,11,13-15,17-18H2,(H,30,31,32)(H2,33,34,38)/t21-,24-/m0/s1.